The van der Waals surface area contributed by atoms with Crippen LogP contribution in [0.2, 0.25) is 0 Å². The number of rotatable bonds is 5. The highest BCUT2D eigenvalue weighted by atomic mass is 79.9. The van der Waals surface area contributed by atoms with Crippen LogP contribution in [0.3, 0.4) is 0 Å². The second-order valence-corrected chi connectivity index (χ2v) is 5.49. The van der Waals surface area contributed by atoms with E-state index in [-0.39, 0.29) is 0 Å². The van der Waals surface area contributed by atoms with E-state index in [1.165, 1.54) is 0 Å². The Morgan fingerprint density at radius 2 is 1.94 bits per heavy atom. The highest BCUT2D eigenvalue weighted by molar-refractivity contribution is 9.13. The Bertz CT molecular complexity index is 389. The van der Waals surface area contributed by atoms with Crippen molar-refractivity contribution < 1.29 is 0 Å². The smallest absolute Gasteiger partial charge is 0.128 e. The minimum absolute atomic E-state index is 0.861. The molecule has 0 aromatic heterocycles. The van der Waals surface area contributed by atoms with Gasteiger partial charge in [0, 0.05) is 27.6 Å². The average molecular weight is 362 g/mol. The summed E-state index contributed by atoms with van der Waals surface area (Å²) in [5, 5.41) is 3.38. The van der Waals surface area contributed by atoms with Gasteiger partial charge in [0.2, 0.25) is 0 Å². The minimum Gasteiger partial charge on any atom is -0.370 e. The molecule has 0 unspecified atom stereocenters. The van der Waals surface area contributed by atoms with Gasteiger partial charge in [-0.25, -0.2) is 0 Å². The normalized spacial score (nSPS) is 11.6. The number of benzene rings is 1. The number of hydrogen-bond acceptors (Lipinski definition) is 1. The van der Waals surface area contributed by atoms with E-state index in [9.17, 15) is 0 Å². The van der Waals surface area contributed by atoms with Gasteiger partial charge in [0.05, 0.1) is 0 Å². The highest BCUT2D eigenvalue weighted by Crippen LogP contribution is 2.23. The number of hydrogen-bond donors (Lipinski definition) is 1. The molecule has 0 atom stereocenters. The topological polar surface area (TPSA) is 24.4 Å². The molecule has 4 heteroatoms. The summed E-state index contributed by atoms with van der Waals surface area (Å²) in [6.07, 6.45) is 2.16. The zero-order valence-electron chi connectivity index (χ0n) is 10.3. The van der Waals surface area contributed by atoms with Gasteiger partial charge >= 0.3 is 0 Å². The summed E-state index contributed by atoms with van der Waals surface area (Å²) in [4.78, 5) is 4.59. The average Bonchev–Trinajstić information content (AvgIpc) is 2.33. The Hall–Kier alpha value is -0.350. The zero-order valence-corrected chi connectivity index (χ0v) is 13.4. The zero-order chi connectivity index (χ0) is 12.7. The Balaban J connectivity index is 2.91. The molecule has 94 valence electrons. The quantitative estimate of drug-likeness (QED) is 0.611. The lowest BCUT2D eigenvalue weighted by Crippen LogP contribution is -2.25. The number of aliphatic imine (C=N–C) groups is 1. The van der Waals surface area contributed by atoms with Crippen molar-refractivity contribution in [3.8, 4) is 0 Å². The largest absolute Gasteiger partial charge is 0.370 e. The summed E-state index contributed by atoms with van der Waals surface area (Å²) in [6, 6.07) is 6.20. The van der Waals surface area contributed by atoms with Gasteiger partial charge in [0.1, 0.15) is 5.84 Å². The Kier molecular flexibility index (Phi) is 6.82. The van der Waals surface area contributed by atoms with Crippen LogP contribution in [0, 0.1) is 0 Å². The van der Waals surface area contributed by atoms with E-state index in [1.54, 1.807) is 0 Å². The van der Waals surface area contributed by atoms with E-state index in [1.807, 2.05) is 6.07 Å². The molecule has 0 saturated heterocycles. The standard InChI is InChI=1S/C13H18Br2N2/c1-3-7-16-13(17-8-4-2)10-5-6-11(14)12(15)9-10/h5-6,9H,3-4,7-8H2,1-2H3,(H,16,17). The first-order valence-corrected chi connectivity index (χ1v) is 7.51. The summed E-state index contributed by atoms with van der Waals surface area (Å²) in [6.45, 7) is 6.11. The predicted molar refractivity (Wildman–Crippen MR) is 81.8 cm³/mol. The minimum atomic E-state index is 0.861. The van der Waals surface area contributed by atoms with Crippen LogP contribution in [-0.2, 0) is 0 Å². The van der Waals surface area contributed by atoms with Crippen molar-refractivity contribution in [1.82, 2.24) is 5.32 Å². The van der Waals surface area contributed by atoms with Crippen LogP contribution in [0.4, 0.5) is 0 Å². The van der Waals surface area contributed by atoms with Crippen LogP contribution in [0.25, 0.3) is 0 Å². The van der Waals surface area contributed by atoms with Crippen molar-refractivity contribution in [3.05, 3.63) is 32.7 Å². The van der Waals surface area contributed by atoms with Gasteiger partial charge in [-0.3, -0.25) is 4.99 Å². The molecule has 1 rings (SSSR count). The first kappa shape index (κ1) is 14.7. The second kappa shape index (κ2) is 7.88. The molecule has 0 aliphatic heterocycles. The molecule has 1 N–H and O–H groups in total. The summed E-state index contributed by atoms with van der Waals surface area (Å²) in [5.74, 6) is 0.988. The van der Waals surface area contributed by atoms with Crippen molar-refractivity contribution in [3.63, 3.8) is 0 Å². The maximum atomic E-state index is 4.59. The van der Waals surface area contributed by atoms with Gasteiger partial charge in [-0.15, -0.1) is 0 Å². The second-order valence-electron chi connectivity index (χ2n) is 3.79. The summed E-state index contributed by atoms with van der Waals surface area (Å²) in [7, 11) is 0. The van der Waals surface area contributed by atoms with Gasteiger partial charge in [0.15, 0.2) is 0 Å². The third kappa shape index (κ3) is 4.80. The van der Waals surface area contributed by atoms with Gasteiger partial charge in [-0.05, 0) is 56.8 Å². The lowest BCUT2D eigenvalue weighted by atomic mass is 10.2. The van der Waals surface area contributed by atoms with Crippen LogP contribution in [0.1, 0.15) is 32.3 Å². The van der Waals surface area contributed by atoms with E-state index >= 15 is 0 Å². The lowest BCUT2D eigenvalue weighted by molar-refractivity contribution is 0.827. The van der Waals surface area contributed by atoms with Gasteiger partial charge in [-0.1, -0.05) is 19.9 Å². The summed E-state index contributed by atoms with van der Waals surface area (Å²) >= 11 is 7.00. The predicted octanol–water partition coefficient (Wildman–Crippen LogP) is 4.37. The fourth-order valence-electron chi connectivity index (χ4n) is 1.36. The van der Waals surface area contributed by atoms with Crippen LogP contribution in [-0.4, -0.2) is 18.9 Å². The molecule has 0 aliphatic carbocycles. The third-order valence-corrected chi connectivity index (χ3v) is 4.11. The maximum Gasteiger partial charge on any atom is 0.128 e. The fraction of sp³-hybridized carbons (Fsp3) is 0.462. The van der Waals surface area contributed by atoms with E-state index in [0.29, 0.717) is 0 Å². The van der Waals surface area contributed by atoms with Crippen LogP contribution in [0.5, 0.6) is 0 Å². The van der Waals surface area contributed by atoms with Crippen molar-refractivity contribution >= 4 is 37.7 Å². The molecule has 0 amide bonds. The first-order chi connectivity index (χ1) is 8.19. The van der Waals surface area contributed by atoms with E-state index in [2.05, 4.69) is 68.1 Å². The molecule has 0 saturated carbocycles. The van der Waals surface area contributed by atoms with Gasteiger partial charge in [0.25, 0.3) is 0 Å². The SMILES string of the molecule is CCCN=C(NCCC)c1ccc(Br)c(Br)c1. The van der Waals surface area contributed by atoms with Crippen LogP contribution >= 0.6 is 31.9 Å². The molecule has 0 bridgehead atoms. The van der Waals surface area contributed by atoms with E-state index in [4.69, 9.17) is 0 Å². The lowest BCUT2D eigenvalue weighted by Gasteiger charge is -2.10. The Morgan fingerprint density at radius 3 is 2.53 bits per heavy atom. The third-order valence-electron chi connectivity index (χ3n) is 2.23. The van der Waals surface area contributed by atoms with Crippen molar-refractivity contribution in [1.29, 1.82) is 0 Å². The van der Waals surface area contributed by atoms with Gasteiger partial charge in [-0.2, -0.15) is 0 Å². The molecule has 1 aromatic carbocycles. The first-order valence-electron chi connectivity index (χ1n) is 5.92. The maximum absolute atomic E-state index is 4.59. The van der Waals surface area contributed by atoms with Gasteiger partial charge < -0.3 is 5.32 Å². The molecule has 17 heavy (non-hydrogen) atoms. The van der Waals surface area contributed by atoms with E-state index in [0.717, 1.165) is 46.3 Å². The molecule has 0 radical (unpaired) electrons. The Morgan fingerprint density at radius 1 is 1.18 bits per heavy atom. The molecule has 1 aromatic rings. The molecule has 2 nitrogen and oxygen atoms in total. The summed E-state index contributed by atoms with van der Waals surface area (Å²) < 4.78 is 2.11. The number of nitrogens with zero attached hydrogens (tertiary/aromatic N) is 1. The molecular formula is C13H18Br2N2. The summed E-state index contributed by atoms with van der Waals surface area (Å²) in [5.41, 5.74) is 1.13. The van der Waals surface area contributed by atoms with Crippen LogP contribution in [0.15, 0.2) is 32.1 Å². The fourth-order valence-corrected chi connectivity index (χ4v) is 1.99. The highest BCUT2D eigenvalue weighted by Gasteiger charge is 2.05. The molecule has 0 spiro atoms. The van der Waals surface area contributed by atoms with Crippen molar-refractivity contribution in [2.75, 3.05) is 13.1 Å². The molecule has 0 heterocycles. The number of amidine groups is 1. The number of nitrogens with one attached hydrogen (secondary N) is 1. The molecule has 0 aliphatic rings. The van der Waals surface area contributed by atoms with E-state index < -0.39 is 0 Å². The molecule has 0 fully saturated rings. The monoisotopic (exact) mass is 360 g/mol. The Labute approximate surface area is 120 Å². The number of halogens is 2. The van der Waals surface area contributed by atoms with Crippen molar-refractivity contribution in [2.24, 2.45) is 4.99 Å². The molecular weight excluding hydrogens is 344 g/mol. The van der Waals surface area contributed by atoms with Crippen LogP contribution < -0.4 is 5.32 Å². The van der Waals surface area contributed by atoms with Crippen molar-refractivity contribution in [2.45, 2.75) is 26.7 Å².